The minimum absolute atomic E-state index is 0.189. The monoisotopic (exact) mass is 372 g/mol. The van der Waals surface area contributed by atoms with Crippen LogP contribution in [0, 0.1) is 0 Å². The number of unbranched alkanes of at least 4 members (excludes halogenated alkanes) is 1. The number of hydrogen-bond donors (Lipinski definition) is 1. The van der Waals surface area contributed by atoms with Crippen LogP contribution in [-0.4, -0.2) is 53.1 Å². The standard InChI is InChI=1S/C19H28N6S/c1-3-4-10-16(26-15-8-6-5-7-9-15)17-21-18(20)23-19(22-17)25-13-11-24(2)12-14-25/h5-9,16H,3-4,10-14H2,1-2H3,(H2,20,21,22,23). The molecule has 1 aromatic heterocycles. The second-order valence-corrected chi connectivity index (χ2v) is 7.98. The Morgan fingerprint density at radius 1 is 1.08 bits per heavy atom. The fourth-order valence-corrected chi connectivity index (χ4v) is 4.12. The molecule has 1 aromatic carbocycles. The van der Waals surface area contributed by atoms with Crippen LogP contribution in [0.1, 0.15) is 37.3 Å². The molecule has 2 heterocycles. The molecular formula is C19H28N6S. The van der Waals surface area contributed by atoms with Gasteiger partial charge in [-0.3, -0.25) is 0 Å². The maximum absolute atomic E-state index is 6.04. The highest BCUT2D eigenvalue weighted by Crippen LogP contribution is 2.37. The number of aromatic nitrogens is 3. The first kappa shape index (κ1) is 18.9. The fourth-order valence-electron chi connectivity index (χ4n) is 2.98. The molecule has 0 saturated carbocycles. The van der Waals surface area contributed by atoms with Gasteiger partial charge in [0.1, 0.15) is 5.82 Å². The number of piperazine rings is 1. The molecule has 0 radical (unpaired) electrons. The number of nitrogen functional groups attached to an aromatic ring is 1. The SMILES string of the molecule is CCCCC(Sc1ccccc1)c1nc(N)nc(N2CCN(C)CC2)n1. The summed E-state index contributed by atoms with van der Waals surface area (Å²) in [5.41, 5.74) is 6.04. The number of thioether (sulfide) groups is 1. The van der Waals surface area contributed by atoms with Gasteiger partial charge in [-0.2, -0.15) is 15.0 Å². The lowest BCUT2D eigenvalue weighted by atomic mass is 10.2. The van der Waals surface area contributed by atoms with Crippen LogP contribution in [0.25, 0.3) is 0 Å². The number of rotatable bonds is 7. The van der Waals surface area contributed by atoms with E-state index in [2.05, 4.69) is 58.0 Å². The van der Waals surface area contributed by atoms with Crippen molar-refractivity contribution in [2.45, 2.75) is 36.3 Å². The van der Waals surface area contributed by atoms with Gasteiger partial charge in [-0.25, -0.2) is 0 Å². The summed E-state index contributed by atoms with van der Waals surface area (Å²) in [6.07, 6.45) is 3.32. The second kappa shape index (κ2) is 9.19. The zero-order chi connectivity index (χ0) is 18.4. The molecule has 1 saturated heterocycles. The Bertz CT molecular complexity index is 688. The molecule has 1 fully saturated rings. The maximum Gasteiger partial charge on any atom is 0.230 e. The molecule has 1 aliphatic heterocycles. The molecule has 1 unspecified atom stereocenters. The molecule has 0 amide bonds. The van der Waals surface area contributed by atoms with E-state index < -0.39 is 0 Å². The summed E-state index contributed by atoms with van der Waals surface area (Å²) in [7, 11) is 2.14. The molecule has 6 nitrogen and oxygen atoms in total. The largest absolute Gasteiger partial charge is 0.368 e. The van der Waals surface area contributed by atoms with Gasteiger partial charge in [-0.1, -0.05) is 38.0 Å². The summed E-state index contributed by atoms with van der Waals surface area (Å²) in [4.78, 5) is 19.5. The van der Waals surface area contributed by atoms with Crippen LogP contribution in [0.3, 0.4) is 0 Å². The summed E-state index contributed by atoms with van der Waals surface area (Å²) in [6, 6.07) is 10.4. The summed E-state index contributed by atoms with van der Waals surface area (Å²) < 4.78 is 0. The third-order valence-corrected chi connectivity index (χ3v) is 5.85. The van der Waals surface area contributed by atoms with Crippen molar-refractivity contribution in [3.63, 3.8) is 0 Å². The van der Waals surface area contributed by atoms with Crippen molar-refractivity contribution in [1.82, 2.24) is 19.9 Å². The first-order valence-corrected chi connectivity index (χ1v) is 10.2. The molecule has 1 atom stereocenters. The summed E-state index contributed by atoms with van der Waals surface area (Å²) >= 11 is 1.81. The van der Waals surface area contributed by atoms with Gasteiger partial charge in [0.15, 0.2) is 0 Å². The smallest absolute Gasteiger partial charge is 0.230 e. The minimum atomic E-state index is 0.189. The van der Waals surface area contributed by atoms with E-state index in [9.17, 15) is 0 Å². The molecule has 2 aromatic rings. The van der Waals surface area contributed by atoms with Crippen LogP contribution in [0.5, 0.6) is 0 Å². The average Bonchev–Trinajstić information content (AvgIpc) is 2.66. The van der Waals surface area contributed by atoms with E-state index >= 15 is 0 Å². The van der Waals surface area contributed by atoms with Crippen molar-refractivity contribution in [2.75, 3.05) is 43.9 Å². The topological polar surface area (TPSA) is 71.2 Å². The van der Waals surface area contributed by atoms with E-state index in [1.165, 1.54) is 4.90 Å². The van der Waals surface area contributed by atoms with Gasteiger partial charge in [-0.15, -0.1) is 11.8 Å². The third-order valence-electron chi connectivity index (χ3n) is 4.57. The molecular weight excluding hydrogens is 344 g/mol. The van der Waals surface area contributed by atoms with Gasteiger partial charge in [0, 0.05) is 31.1 Å². The van der Waals surface area contributed by atoms with Gasteiger partial charge >= 0.3 is 0 Å². The maximum atomic E-state index is 6.04. The number of hydrogen-bond acceptors (Lipinski definition) is 7. The quantitative estimate of drug-likeness (QED) is 0.748. The summed E-state index contributed by atoms with van der Waals surface area (Å²) in [6.45, 7) is 6.08. The first-order valence-electron chi connectivity index (χ1n) is 9.32. The van der Waals surface area contributed by atoms with E-state index in [4.69, 9.17) is 10.7 Å². The zero-order valence-corrected chi connectivity index (χ0v) is 16.5. The predicted molar refractivity (Wildman–Crippen MR) is 109 cm³/mol. The van der Waals surface area contributed by atoms with Crippen molar-refractivity contribution in [2.24, 2.45) is 0 Å². The molecule has 140 valence electrons. The van der Waals surface area contributed by atoms with Crippen molar-refractivity contribution >= 4 is 23.7 Å². The molecule has 0 spiro atoms. The normalized spacial score (nSPS) is 16.6. The Morgan fingerprint density at radius 3 is 2.50 bits per heavy atom. The van der Waals surface area contributed by atoms with Crippen LogP contribution in [0.15, 0.2) is 35.2 Å². The van der Waals surface area contributed by atoms with Gasteiger partial charge in [-0.05, 0) is 25.6 Å². The van der Waals surface area contributed by atoms with Crippen LogP contribution in [0.4, 0.5) is 11.9 Å². The Kier molecular flexibility index (Phi) is 6.68. The van der Waals surface area contributed by atoms with E-state index in [0.717, 1.165) is 57.2 Å². The Balaban J connectivity index is 1.83. The lowest BCUT2D eigenvalue weighted by Crippen LogP contribution is -2.45. The third kappa shape index (κ3) is 5.08. The van der Waals surface area contributed by atoms with Gasteiger partial charge in [0.2, 0.25) is 11.9 Å². The van der Waals surface area contributed by atoms with Crippen molar-refractivity contribution in [3.8, 4) is 0 Å². The highest BCUT2D eigenvalue weighted by atomic mass is 32.2. The lowest BCUT2D eigenvalue weighted by Gasteiger charge is -2.32. The Morgan fingerprint density at radius 2 is 1.81 bits per heavy atom. The van der Waals surface area contributed by atoms with E-state index in [0.29, 0.717) is 5.95 Å². The number of benzene rings is 1. The number of nitrogens with two attached hydrogens (primary N) is 1. The van der Waals surface area contributed by atoms with E-state index in [1.54, 1.807) is 0 Å². The molecule has 3 rings (SSSR count). The molecule has 0 aliphatic carbocycles. The fraction of sp³-hybridized carbons (Fsp3) is 0.526. The van der Waals surface area contributed by atoms with Crippen LogP contribution < -0.4 is 10.6 Å². The van der Waals surface area contributed by atoms with E-state index in [1.807, 2.05) is 17.8 Å². The van der Waals surface area contributed by atoms with Gasteiger partial charge in [0.05, 0.1) is 5.25 Å². The summed E-state index contributed by atoms with van der Waals surface area (Å²) in [5.74, 6) is 1.84. The Hall–Kier alpha value is -1.86. The van der Waals surface area contributed by atoms with Crippen molar-refractivity contribution < 1.29 is 0 Å². The number of nitrogens with zero attached hydrogens (tertiary/aromatic N) is 5. The zero-order valence-electron chi connectivity index (χ0n) is 15.6. The average molecular weight is 373 g/mol. The van der Waals surface area contributed by atoms with Gasteiger partial charge in [0.25, 0.3) is 0 Å². The predicted octanol–water partition coefficient (Wildman–Crippen LogP) is 3.23. The van der Waals surface area contributed by atoms with Crippen molar-refractivity contribution in [3.05, 3.63) is 36.2 Å². The second-order valence-electron chi connectivity index (χ2n) is 6.70. The molecule has 1 aliphatic rings. The van der Waals surface area contributed by atoms with Crippen LogP contribution in [-0.2, 0) is 0 Å². The first-order chi connectivity index (χ1) is 12.7. The number of anilines is 2. The molecule has 7 heteroatoms. The minimum Gasteiger partial charge on any atom is -0.368 e. The molecule has 0 bridgehead atoms. The Labute approximate surface area is 160 Å². The molecule has 2 N–H and O–H groups in total. The lowest BCUT2D eigenvalue weighted by molar-refractivity contribution is 0.311. The van der Waals surface area contributed by atoms with Crippen LogP contribution >= 0.6 is 11.8 Å². The van der Waals surface area contributed by atoms with E-state index in [-0.39, 0.29) is 5.25 Å². The number of likely N-dealkylation sites (N-methyl/N-ethyl adjacent to an activating group) is 1. The summed E-state index contributed by atoms with van der Waals surface area (Å²) in [5, 5.41) is 0.189. The van der Waals surface area contributed by atoms with Gasteiger partial charge < -0.3 is 15.5 Å². The van der Waals surface area contributed by atoms with Crippen LogP contribution in [0.2, 0.25) is 0 Å². The van der Waals surface area contributed by atoms with Crippen molar-refractivity contribution in [1.29, 1.82) is 0 Å². The highest BCUT2D eigenvalue weighted by molar-refractivity contribution is 7.99. The highest BCUT2D eigenvalue weighted by Gasteiger charge is 2.22. The molecule has 26 heavy (non-hydrogen) atoms.